The Morgan fingerprint density at radius 2 is 2.09 bits per heavy atom. The molecule has 0 bridgehead atoms. The zero-order chi connectivity index (χ0) is 16.6. The van der Waals surface area contributed by atoms with Gasteiger partial charge in [0, 0.05) is 32.3 Å². The van der Waals surface area contributed by atoms with Gasteiger partial charge in [-0.3, -0.25) is 4.90 Å². The lowest BCUT2D eigenvalue weighted by atomic mass is 10.1. The molecule has 1 atom stereocenters. The lowest BCUT2D eigenvalue weighted by Crippen LogP contribution is -2.20. The first-order chi connectivity index (χ1) is 10.8. The Labute approximate surface area is 133 Å². The third kappa shape index (κ3) is 3.58. The molecule has 1 aromatic carbocycles. The molecule has 2 aromatic rings. The van der Waals surface area contributed by atoms with Crippen LogP contribution in [0.15, 0.2) is 30.5 Å². The van der Waals surface area contributed by atoms with E-state index in [4.69, 9.17) is 0 Å². The molecule has 1 saturated heterocycles. The number of aromatic nitrogens is 2. The van der Waals surface area contributed by atoms with Crippen molar-refractivity contribution in [3.63, 3.8) is 0 Å². The lowest BCUT2D eigenvalue weighted by molar-refractivity contribution is -0.137. The molecular formula is C17H20F3N3. The van der Waals surface area contributed by atoms with Crippen LogP contribution in [0.4, 0.5) is 13.2 Å². The predicted octanol–water partition coefficient (Wildman–Crippen LogP) is 3.74. The Morgan fingerprint density at radius 3 is 2.74 bits per heavy atom. The lowest BCUT2D eigenvalue weighted by Gasteiger charge is -2.17. The van der Waals surface area contributed by atoms with Gasteiger partial charge in [0.1, 0.15) is 5.82 Å². The van der Waals surface area contributed by atoms with Crippen LogP contribution in [0.25, 0.3) is 0 Å². The summed E-state index contributed by atoms with van der Waals surface area (Å²) in [5.74, 6) is 1.41. The van der Waals surface area contributed by atoms with Crippen molar-refractivity contribution in [2.24, 2.45) is 7.05 Å². The number of aryl methyl sites for hydroxylation is 2. The van der Waals surface area contributed by atoms with Crippen LogP contribution < -0.4 is 0 Å². The molecule has 0 amide bonds. The van der Waals surface area contributed by atoms with Gasteiger partial charge in [0.15, 0.2) is 0 Å². The second kappa shape index (κ2) is 6.00. The van der Waals surface area contributed by atoms with Crippen LogP contribution in [0.3, 0.4) is 0 Å². The molecule has 1 fully saturated rings. The summed E-state index contributed by atoms with van der Waals surface area (Å²) in [4.78, 5) is 6.77. The van der Waals surface area contributed by atoms with E-state index in [1.54, 1.807) is 6.07 Å². The van der Waals surface area contributed by atoms with Gasteiger partial charge in [0.25, 0.3) is 0 Å². The number of halogens is 3. The highest BCUT2D eigenvalue weighted by Crippen LogP contribution is 2.31. The third-order valence-electron chi connectivity index (χ3n) is 4.33. The van der Waals surface area contributed by atoms with E-state index in [0.29, 0.717) is 18.0 Å². The Morgan fingerprint density at radius 1 is 1.30 bits per heavy atom. The minimum atomic E-state index is -4.28. The Kier molecular flexibility index (Phi) is 4.19. The van der Waals surface area contributed by atoms with E-state index < -0.39 is 11.7 Å². The van der Waals surface area contributed by atoms with E-state index in [1.807, 2.05) is 24.7 Å². The first kappa shape index (κ1) is 16.1. The molecule has 3 nitrogen and oxygen atoms in total. The summed E-state index contributed by atoms with van der Waals surface area (Å²) in [6, 6.07) is 5.60. The van der Waals surface area contributed by atoms with Crippen molar-refractivity contribution < 1.29 is 13.2 Å². The number of likely N-dealkylation sites (tertiary alicyclic amines) is 1. The average Bonchev–Trinajstić information content (AvgIpc) is 3.04. The number of alkyl halides is 3. The quantitative estimate of drug-likeness (QED) is 0.858. The first-order valence-corrected chi connectivity index (χ1v) is 7.71. The fourth-order valence-corrected chi connectivity index (χ4v) is 3.31. The summed E-state index contributed by atoms with van der Waals surface area (Å²) in [6.07, 6.45) is -1.29. The second-order valence-electron chi connectivity index (χ2n) is 6.27. The van der Waals surface area contributed by atoms with Crippen molar-refractivity contribution in [2.45, 2.75) is 32.0 Å². The molecule has 1 aliphatic heterocycles. The molecule has 0 N–H and O–H groups in total. The van der Waals surface area contributed by atoms with Gasteiger partial charge in [0.05, 0.1) is 11.3 Å². The van der Waals surface area contributed by atoms with Crippen molar-refractivity contribution in [3.8, 4) is 0 Å². The van der Waals surface area contributed by atoms with Crippen LogP contribution in [0, 0.1) is 6.92 Å². The van der Waals surface area contributed by atoms with Crippen molar-refractivity contribution in [1.29, 1.82) is 0 Å². The molecule has 0 radical (unpaired) electrons. The largest absolute Gasteiger partial charge is 0.416 e. The maximum absolute atomic E-state index is 12.8. The van der Waals surface area contributed by atoms with Gasteiger partial charge < -0.3 is 4.57 Å². The van der Waals surface area contributed by atoms with E-state index in [1.165, 1.54) is 12.1 Å². The summed E-state index contributed by atoms with van der Waals surface area (Å²) in [6.45, 7) is 4.23. The van der Waals surface area contributed by atoms with Gasteiger partial charge >= 0.3 is 6.18 Å². The number of benzene rings is 1. The van der Waals surface area contributed by atoms with Gasteiger partial charge in [-0.15, -0.1) is 0 Å². The molecule has 23 heavy (non-hydrogen) atoms. The highest BCUT2D eigenvalue weighted by Gasteiger charge is 2.31. The maximum Gasteiger partial charge on any atom is 0.416 e. The summed E-state index contributed by atoms with van der Waals surface area (Å²) in [7, 11) is 1.99. The number of imidazole rings is 1. The van der Waals surface area contributed by atoms with E-state index >= 15 is 0 Å². The zero-order valence-corrected chi connectivity index (χ0v) is 13.3. The van der Waals surface area contributed by atoms with Crippen molar-refractivity contribution in [2.75, 3.05) is 13.1 Å². The van der Waals surface area contributed by atoms with Crippen LogP contribution in [0.1, 0.15) is 35.0 Å². The van der Waals surface area contributed by atoms with Gasteiger partial charge in [-0.25, -0.2) is 4.98 Å². The van der Waals surface area contributed by atoms with Crippen LogP contribution in [-0.2, 0) is 19.8 Å². The van der Waals surface area contributed by atoms with E-state index in [9.17, 15) is 13.2 Å². The molecule has 6 heteroatoms. The van der Waals surface area contributed by atoms with Crippen molar-refractivity contribution >= 4 is 0 Å². The number of nitrogens with zero attached hydrogens (tertiary/aromatic N) is 3. The van der Waals surface area contributed by atoms with Gasteiger partial charge in [-0.2, -0.15) is 13.2 Å². The number of hydrogen-bond donors (Lipinski definition) is 0. The van der Waals surface area contributed by atoms with Crippen molar-refractivity contribution in [3.05, 3.63) is 53.1 Å². The highest BCUT2D eigenvalue weighted by molar-refractivity contribution is 5.25. The molecular weight excluding hydrogens is 303 g/mol. The fourth-order valence-electron chi connectivity index (χ4n) is 3.31. The predicted molar refractivity (Wildman–Crippen MR) is 82.0 cm³/mol. The summed E-state index contributed by atoms with van der Waals surface area (Å²) < 4.78 is 40.4. The second-order valence-corrected chi connectivity index (χ2v) is 6.27. The van der Waals surface area contributed by atoms with Gasteiger partial charge in [-0.1, -0.05) is 18.2 Å². The molecule has 0 saturated carbocycles. The molecule has 0 aliphatic carbocycles. The number of rotatable bonds is 3. The molecule has 124 valence electrons. The van der Waals surface area contributed by atoms with E-state index in [2.05, 4.69) is 9.88 Å². The first-order valence-electron chi connectivity index (χ1n) is 7.71. The van der Waals surface area contributed by atoms with Crippen LogP contribution in [0.2, 0.25) is 0 Å². The minimum absolute atomic E-state index is 0.347. The summed E-state index contributed by atoms with van der Waals surface area (Å²) in [5, 5.41) is 0. The van der Waals surface area contributed by atoms with Crippen LogP contribution >= 0.6 is 0 Å². The molecule has 1 aromatic heterocycles. The number of hydrogen-bond acceptors (Lipinski definition) is 2. The smallest absolute Gasteiger partial charge is 0.337 e. The SMILES string of the molecule is Cc1cn(C)c([C@H]2CCN(Cc3cccc(C(F)(F)F)c3)C2)n1. The molecule has 2 heterocycles. The average molecular weight is 323 g/mol. The summed E-state index contributed by atoms with van der Waals surface area (Å²) in [5.41, 5.74) is 1.13. The Hall–Kier alpha value is -1.82. The van der Waals surface area contributed by atoms with Crippen LogP contribution in [0.5, 0.6) is 0 Å². The Bertz CT molecular complexity index is 691. The molecule has 0 spiro atoms. The monoisotopic (exact) mass is 323 g/mol. The topological polar surface area (TPSA) is 21.1 Å². The maximum atomic E-state index is 12.8. The fraction of sp³-hybridized carbons (Fsp3) is 0.471. The third-order valence-corrected chi connectivity index (χ3v) is 4.33. The Balaban J connectivity index is 1.68. The minimum Gasteiger partial charge on any atom is -0.337 e. The normalized spacial score (nSPS) is 19.4. The zero-order valence-electron chi connectivity index (χ0n) is 13.3. The van der Waals surface area contributed by atoms with E-state index in [-0.39, 0.29) is 0 Å². The molecule has 0 unspecified atom stereocenters. The molecule has 1 aliphatic rings. The standard InChI is InChI=1S/C17H20F3N3/c1-12-9-22(2)16(21-12)14-6-7-23(11-14)10-13-4-3-5-15(8-13)17(18,19)20/h3-5,8-9,14H,6-7,10-11H2,1-2H3/t14-/m0/s1. The van der Waals surface area contributed by atoms with Crippen molar-refractivity contribution in [1.82, 2.24) is 14.5 Å². The van der Waals surface area contributed by atoms with Gasteiger partial charge in [-0.05, 0) is 31.5 Å². The van der Waals surface area contributed by atoms with Crippen LogP contribution in [-0.4, -0.2) is 27.5 Å². The highest BCUT2D eigenvalue weighted by atomic mass is 19.4. The van der Waals surface area contributed by atoms with E-state index in [0.717, 1.165) is 37.1 Å². The van der Waals surface area contributed by atoms with Gasteiger partial charge in [0.2, 0.25) is 0 Å². The summed E-state index contributed by atoms with van der Waals surface area (Å²) >= 11 is 0. The molecule has 3 rings (SSSR count).